The Bertz CT molecular complexity index is 1130. The molecule has 9 heteroatoms. The van der Waals surface area contributed by atoms with Gasteiger partial charge in [-0.15, -0.1) is 0 Å². The molecule has 2 aliphatic heterocycles. The average molecular weight is 484 g/mol. The number of amides is 4. The van der Waals surface area contributed by atoms with Gasteiger partial charge < -0.3 is 10.2 Å². The maximum Gasteiger partial charge on any atom is 0.325 e. The Morgan fingerprint density at radius 2 is 1.59 bits per heavy atom. The van der Waals surface area contributed by atoms with Crippen LogP contribution in [-0.2, 0) is 32.3 Å². The van der Waals surface area contributed by atoms with E-state index in [0.29, 0.717) is 13.0 Å². The summed E-state index contributed by atoms with van der Waals surface area (Å²) in [5, 5.41) is 2.88. The Balaban J connectivity index is 1.57. The number of likely N-dealkylation sites (N-methyl/N-ethyl adjacent to an activating group) is 1. The lowest BCUT2D eigenvalue weighted by atomic mass is 9.84. The largest absolute Gasteiger partial charge is 0.337 e. The summed E-state index contributed by atoms with van der Waals surface area (Å²) in [5.41, 5.74) is 0.576. The molecule has 2 saturated heterocycles. The van der Waals surface area contributed by atoms with Crippen LogP contribution in [0, 0.1) is 0 Å². The van der Waals surface area contributed by atoms with E-state index in [0.717, 1.165) is 16.0 Å². The van der Waals surface area contributed by atoms with Gasteiger partial charge in [0.1, 0.15) is 12.1 Å². The number of hydrogen-bond donors (Lipinski definition) is 1. The summed E-state index contributed by atoms with van der Waals surface area (Å²) in [7, 11) is -3.17. The number of carbonyl (C=O) groups is 3. The SMILES string of the molecule is CCN(C(=O)CN1C(=O)NC(Cc2ccccc2)(Cc2ccccc2)C1=O)[C@@H]1CCS(=O)(=O)C1. The van der Waals surface area contributed by atoms with Crippen molar-refractivity contribution in [3.8, 4) is 0 Å². The van der Waals surface area contributed by atoms with E-state index < -0.39 is 45.8 Å². The van der Waals surface area contributed by atoms with E-state index in [1.54, 1.807) is 6.92 Å². The Hall–Kier alpha value is -3.20. The maximum absolute atomic E-state index is 13.7. The monoisotopic (exact) mass is 483 g/mol. The van der Waals surface area contributed by atoms with Gasteiger partial charge in [0.05, 0.1) is 11.5 Å². The molecule has 0 aromatic heterocycles. The fourth-order valence-corrected chi connectivity index (χ4v) is 6.63. The molecule has 0 saturated carbocycles. The van der Waals surface area contributed by atoms with Crippen LogP contribution in [0.4, 0.5) is 4.79 Å². The molecule has 2 fully saturated rings. The zero-order chi connectivity index (χ0) is 24.3. The van der Waals surface area contributed by atoms with Crippen molar-refractivity contribution < 1.29 is 22.8 Å². The molecule has 2 aromatic carbocycles. The van der Waals surface area contributed by atoms with Crippen LogP contribution < -0.4 is 5.32 Å². The van der Waals surface area contributed by atoms with Crippen LogP contribution >= 0.6 is 0 Å². The molecule has 0 radical (unpaired) electrons. The smallest absolute Gasteiger partial charge is 0.325 e. The standard InChI is InChI=1S/C25H29N3O5S/c1-2-27(21-13-14-34(32,33)18-21)22(29)17-28-23(30)25(26-24(28)31,15-19-9-5-3-6-10-19)16-20-11-7-4-8-12-20/h3-12,21H,2,13-18H2,1H3,(H,26,31)/t21-/m1/s1. The molecule has 0 aliphatic carbocycles. The Morgan fingerprint density at radius 1 is 1.03 bits per heavy atom. The third-order valence-electron chi connectivity index (χ3n) is 6.55. The summed E-state index contributed by atoms with van der Waals surface area (Å²) in [6.45, 7) is 1.66. The summed E-state index contributed by atoms with van der Waals surface area (Å²) in [4.78, 5) is 42.2. The number of nitrogens with one attached hydrogen (secondary N) is 1. The Kier molecular flexibility index (Phi) is 6.74. The minimum atomic E-state index is -3.17. The molecular weight excluding hydrogens is 454 g/mol. The lowest BCUT2D eigenvalue weighted by Crippen LogP contribution is -2.52. The molecule has 4 amide bonds. The van der Waals surface area contributed by atoms with E-state index in [2.05, 4.69) is 5.32 Å². The first-order chi connectivity index (χ1) is 16.2. The van der Waals surface area contributed by atoms with Crippen LogP contribution in [0.25, 0.3) is 0 Å². The third kappa shape index (κ3) is 4.99. The van der Waals surface area contributed by atoms with Gasteiger partial charge >= 0.3 is 6.03 Å². The molecule has 34 heavy (non-hydrogen) atoms. The van der Waals surface area contributed by atoms with Gasteiger partial charge in [-0.05, 0) is 24.5 Å². The van der Waals surface area contributed by atoms with Crippen LogP contribution in [0.2, 0.25) is 0 Å². The van der Waals surface area contributed by atoms with Crippen molar-refractivity contribution in [2.24, 2.45) is 0 Å². The molecule has 180 valence electrons. The molecule has 8 nitrogen and oxygen atoms in total. The van der Waals surface area contributed by atoms with E-state index in [1.807, 2.05) is 60.7 Å². The summed E-state index contributed by atoms with van der Waals surface area (Å²) < 4.78 is 23.8. The number of nitrogens with zero attached hydrogens (tertiary/aromatic N) is 2. The molecule has 2 aromatic rings. The van der Waals surface area contributed by atoms with Crippen LogP contribution in [0.3, 0.4) is 0 Å². The maximum atomic E-state index is 13.7. The summed E-state index contributed by atoms with van der Waals surface area (Å²) in [6.07, 6.45) is 0.945. The zero-order valence-corrected chi connectivity index (χ0v) is 20.0. The summed E-state index contributed by atoms with van der Waals surface area (Å²) in [6, 6.07) is 17.8. The highest BCUT2D eigenvalue weighted by Crippen LogP contribution is 2.28. The van der Waals surface area contributed by atoms with Crippen molar-refractivity contribution in [1.82, 2.24) is 15.1 Å². The van der Waals surface area contributed by atoms with Crippen molar-refractivity contribution in [1.29, 1.82) is 0 Å². The van der Waals surface area contributed by atoms with E-state index in [9.17, 15) is 22.8 Å². The lowest BCUT2D eigenvalue weighted by Gasteiger charge is -2.29. The number of rotatable bonds is 8. The molecule has 2 aliphatic rings. The summed E-state index contributed by atoms with van der Waals surface area (Å²) >= 11 is 0. The quantitative estimate of drug-likeness (QED) is 0.577. The fourth-order valence-electron chi connectivity index (χ4n) is 4.90. The molecule has 0 bridgehead atoms. The van der Waals surface area contributed by atoms with Gasteiger partial charge in [-0.3, -0.25) is 14.5 Å². The van der Waals surface area contributed by atoms with Gasteiger partial charge in [-0.1, -0.05) is 60.7 Å². The number of carbonyl (C=O) groups excluding carboxylic acids is 3. The first kappa shape index (κ1) is 23.9. The van der Waals surface area contributed by atoms with Crippen molar-refractivity contribution >= 4 is 27.7 Å². The first-order valence-corrected chi connectivity index (χ1v) is 13.3. The number of urea groups is 1. The van der Waals surface area contributed by atoms with Gasteiger partial charge in [0, 0.05) is 25.4 Å². The highest BCUT2D eigenvalue weighted by Gasteiger charge is 2.52. The zero-order valence-electron chi connectivity index (χ0n) is 19.1. The second-order valence-corrected chi connectivity index (χ2v) is 11.2. The molecule has 4 rings (SSSR count). The lowest BCUT2D eigenvalue weighted by molar-refractivity contribution is -0.140. The van der Waals surface area contributed by atoms with Crippen LogP contribution in [0.5, 0.6) is 0 Å². The topological polar surface area (TPSA) is 104 Å². The highest BCUT2D eigenvalue weighted by molar-refractivity contribution is 7.91. The minimum absolute atomic E-state index is 0.0435. The number of hydrogen-bond acceptors (Lipinski definition) is 5. The average Bonchev–Trinajstić information content (AvgIpc) is 3.27. The molecule has 0 unspecified atom stereocenters. The van der Waals surface area contributed by atoms with E-state index in [-0.39, 0.29) is 24.3 Å². The second kappa shape index (κ2) is 9.58. The van der Waals surface area contributed by atoms with E-state index >= 15 is 0 Å². The highest BCUT2D eigenvalue weighted by atomic mass is 32.2. The van der Waals surface area contributed by atoms with Crippen LogP contribution in [0.1, 0.15) is 24.5 Å². The normalized spacial score (nSPS) is 20.9. The molecule has 2 heterocycles. The molecule has 1 atom stereocenters. The summed E-state index contributed by atoms with van der Waals surface area (Å²) in [5.74, 6) is -0.919. The van der Waals surface area contributed by atoms with Gasteiger partial charge in [0.15, 0.2) is 9.84 Å². The van der Waals surface area contributed by atoms with Crippen molar-refractivity contribution in [2.45, 2.75) is 37.8 Å². The second-order valence-electron chi connectivity index (χ2n) is 8.96. The van der Waals surface area contributed by atoms with Gasteiger partial charge in [-0.2, -0.15) is 0 Å². The third-order valence-corrected chi connectivity index (χ3v) is 8.30. The van der Waals surface area contributed by atoms with Crippen molar-refractivity contribution in [3.05, 3.63) is 71.8 Å². The van der Waals surface area contributed by atoms with Crippen LogP contribution in [-0.4, -0.2) is 72.2 Å². The van der Waals surface area contributed by atoms with Crippen LogP contribution in [0.15, 0.2) is 60.7 Å². The number of sulfone groups is 1. The number of benzene rings is 2. The molecule has 0 spiro atoms. The van der Waals surface area contributed by atoms with E-state index in [4.69, 9.17) is 0 Å². The van der Waals surface area contributed by atoms with Crippen molar-refractivity contribution in [2.75, 3.05) is 24.6 Å². The predicted molar refractivity (Wildman–Crippen MR) is 128 cm³/mol. The number of imide groups is 1. The molecular formula is C25H29N3O5S. The van der Waals surface area contributed by atoms with E-state index in [1.165, 1.54) is 4.90 Å². The Morgan fingerprint density at radius 3 is 2.06 bits per heavy atom. The minimum Gasteiger partial charge on any atom is -0.337 e. The fraction of sp³-hybridized carbons (Fsp3) is 0.400. The first-order valence-electron chi connectivity index (χ1n) is 11.4. The molecule has 1 N–H and O–H groups in total. The van der Waals surface area contributed by atoms with Gasteiger partial charge in [0.25, 0.3) is 5.91 Å². The van der Waals surface area contributed by atoms with Crippen molar-refractivity contribution in [3.63, 3.8) is 0 Å². The van der Waals surface area contributed by atoms with Gasteiger partial charge in [0.2, 0.25) is 5.91 Å². The Labute approximate surface area is 199 Å². The predicted octanol–water partition coefficient (Wildman–Crippen LogP) is 1.80. The van der Waals surface area contributed by atoms with Gasteiger partial charge in [-0.25, -0.2) is 13.2 Å².